The van der Waals surface area contributed by atoms with Crippen LogP contribution in [0.15, 0.2) is 28.8 Å². The quantitative estimate of drug-likeness (QED) is 0.361. The number of alkyl halides is 3. The number of Topliss-reactive ketones (excluding diaryl/α,β-unsaturated/α-hetero) is 1. The van der Waals surface area contributed by atoms with E-state index in [1.54, 1.807) is 0 Å². The monoisotopic (exact) mass is 430 g/mol. The van der Waals surface area contributed by atoms with Crippen molar-refractivity contribution in [1.82, 2.24) is 5.16 Å². The molecular weight excluding hydrogens is 400 g/mol. The third-order valence-electron chi connectivity index (χ3n) is 4.98. The van der Waals surface area contributed by atoms with E-state index >= 15 is 0 Å². The van der Waals surface area contributed by atoms with Gasteiger partial charge in [-0.15, -0.1) is 0 Å². The number of benzene rings is 1. The predicted octanol–water partition coefficient (Wildman–Crippen LogP) is 7.01. The van der Waals surface area contributed by atoms with Crippen LogP contribution in [0.4, 0.5) is 23.4 Å². The molecule has 0 spiro atoms. The van der Waals surface area contributed by atoms with Crippen molar-refractivity contribution in [2.45, 2.75) is 71.9 Å². The average molecular weight is 430 g/mol. The van der Waals surface area contributed by atoms with Crippen LogP contribution in [-0.2, 0) is 6.18 Å². The Labute approximate surface area is 174 Å². The zero-order valence-corrected chi connectivity index (χ0v) is 17.9. The van der Waals surface area contributed by atoms with Crippen LogP contribution in [0.2, 0.25) is 0 Å². The molecule has 2 N–H and O–H groups in total. The molecule has 1 aromatic carbocycles. The minimum atomic E-state index is -4.59. The maximum absolute atomic E-state index is 12.9. The molecule has 0 bridgehead atoms. The van der Waals surface area contributed by atoms with Crippen LogP contribution in [0.3, 0.4) is 0 Å². The number of anilines is 1. The van der Waals surface area contributed by atoms with Gasteiger partial charge in [0, 0.05) is 12.0 Å². The SMILES string of the molecule is CC(=O)c1ccc(C(F)(F)F)cc1F.CCCC(CC[C@H](C)CC)c1cc(N)on1. The summed E-state index contributed by atoms with van der Waals surface area (Å²) in [4.78, 5) is 10.7. The van der Waals surface area contributed by atoms with Gasteiger partial charge in [0.15, 0.2) is 5.78 Å². The van der Waals surface area contributed by atoms with Crippen LogP contribution in [0, 0.1) is 11.7 Å². The van der Waals surface area contributed by atoms with Crippen LogP contribution < -0.4 is 5.73 Å². The number of nitrogens with two attached hydrogens (primary N) is 1. The summed E-state index contributed by atoms with van der Waals surface area (Å²) in [5.41, 5.74) is 5.16. The summed E-state index contributed by atoms with van der Waals surface area (Å²) < 4.78 is 54.0. The number of rotatable bonds is 8. The largest absolute Gasteiger partial charge is 0.416 e. The molecular formula is C22H30F4N2O2. The lowest BCUT2D eigenvalue weighted by atomic mass is 9.90. The second-order valence-electron chi connectivity index (χ2n) is 7.48. The number of ketones is 1. The Hall–Kier alpha value is -2.38. The molecule has 30 heavy (non-hydrogen) atoms. The topological polar surface area (TPSA) is 69.1 Å². The van der Waals surface area contributed by atoms with Gasteiger partial charge in [0.05, 0.1) is 16.8 Å². The van der Waals surface area contributed by atoms with Crippen molar-refractivity contribution < 1.29 is 26.9 Å². The van der Waals surface area contributed by atoms with E-state index in [0.717, 1.165) is 24.6 Å². The van der Waals surface area contributed by atoms with Crippen molar-refractivity contribution in [3.05, 3.63) is 46.9 Å². The fourth-order valence-corrected chi connectivity index (χ4v) is 2.95. The first-order valence-corrected chi connectivity index (χ1v) is 10.1. The molecule has 1 unspecified atom stereocenters. The van der Waals surface area contributed by atoms with E-state index in [4.69, 9.17) is 10.3 Å². The molecule has 2 aromatic rings. The zero-order valence-electron chi connectivity index (χ0n) is 17.9. The predicted molar refractivity (Wildman–Crippen MR) is 109 cm³/mol. The molecule has 0 amide bonds. The number of hydrogen-bond donors (Lipinski definition) is 1. The minimum absolute atomic E-state index is 0.316. The first kappa shape index (κ1) is 25.7. The summed E-state index contributed by atoms with van der Waals surface area (Å²) in [6.45, 7) is 7.85. The molecule has 0 saturated carbocycles. The van der Waals surface area contributed by atoms with Gasteiger partial charge in [-0.2, -0.15) is 13.2 Å². The van der Waals surface area contributed by atoms with Crippen molar-refractivity contribution in [3.63, 3.8) is 0 Å². The van der Waals surface area contributed by atoms with E-state index < -0.39 is 23.3 Å². The van der Waals surface area contributed by atoms with Crippen LogP contribution in [0.5, 0.6) is 0 Å². The van der Waals surface area contributed by atoms with E-state index in [0.29, 0.717) is 23.9 Å². The van der Waals surface area contributed by atoms with Crippen molar-refractivity contribution >= 4 is 11.7 Å². The molecule has 168 valence electrons. The molecule has 0 aliphatic carbocycles. The second-order valence-corrected chi connectivity index (χ2v) is 7.48. The average Bonchev–Trinajstić information content (AvgIpc) is 3.10. The summed E-state index contributed by atoms with van der Waals surface area (Å²) in [6.07, 6.45) is 1.46. The highest BCUT2D eigenvalue weighted by Crippen LogP contribution is 2.30. The van der Waals surface area contributed by atoms with Gasteiger partial charge in [0.1, 0.15) is 5.82 Å². The summed E-state index contributed by atoms with van der Waals surface area (Å²) >= 11 is 0. The second kappa shape index (κ2) is 11.7. The molecule has 4 nitrogen and oxygen atoms in total. The Morgan fingerprint density at radius 1 is 1.17 bits per heavy atom. The molecule has 0 radical (unpaired) electrons. The smallest absolute Gasteiger partial charge is 0.368 e. The van der Waals surface area contributed by atoms with Gasteiger partial charge >= 0.3 is 6.18 Å². The first-order chi connectivity index (χ1) is 14.0. The fraction of sp³-hybridized carbons (Fsp3) is 0.545. The van der Waals surface area contributed by atoms with Gasteiger partial charge in [-0.3, -0.25) is 4.79 Å². The Balaban J connectivity index is 0.000000303. The van der Waals surface area contributed by atoms with Gasteiger partial charge in [-0.1, -0.05) is 45.2 Å². The number of nitrogens with zero attached hydrogens (tertiary/aromatic N) is 1. The van der Waals surface area contributed by atoms with Gasteiger partial charge < -0.3 is 10.3 Å². The Bertz CT molecular complexity index is 803. The summed E-state index contributed by atoms with van der Waals surface area (Å²) in [5, 5.41) is 4.04. The summed E-state index contributed by atoms with van der Waals surface area (Å²) in [7, 11) is 0. The number of hydrogen-bond acceptors (Lipinski definition) is 4. The summed E-state index contributed by atoms with van der Waals surface area (Å²) in [5.74, 6) is -0.00755. The van der Waals surface area contributed by atoms with Crippen molar-refractivity contribution in [2.24, 2.45) is 5.92 Å². The van der Waals surface area contributed by atoms with Crippen molar-refractivity contribution in [3.8, 4) is 0 Å². The number of nitrogen functional groups attached to an aromatic ring is 1. The van der Waals surface area contributed by atoms with Gasteiger partial charge in [0.25, 0.3) is 0 Å². The number of carbonyl (C=O) groups is 1. The number of carbonyl (C=O) groups excluding carboxylic acids is 1. The van der Waals surface area contributed by atoms with Crippen molar-refractivity contribution in [1.29, 1.82) is 0 Å². The molecule has 2 rings (SSSR count). The Morgan fingerprint density at radius 3 is 2.27 bits per heavy atom. The molecule has 2 atom stereocenters. The maximum Gasteiger partial charge on any atom is 0.416 e. The standard InChI is InChI=1S/C13H24N2O.C9H6F4O/c1-4-6-11(8-7-10(3)5-2)12-9-13(14)16-15-12;1-5(14)7-3-2-6(4-8(7)10)9(11,12)13/h9-11H,4-8,14H2,1-3H3;2-4H,1H3/t10-,11?;/m1./s1. The number of aromatic nitrogens is 1. The normalized spacial score (nSPS) is 13.3. The zero-order chi connectivity index (χ0) is 22.9. The molecule has 1 aromatic heterocycles. The molecule has 0 fully saturated rings. The van der Waals surface area contributed by atoms with E-state index in [2.05, 4.69) is 25.9 Å². The third-order valence-corrected chi connectivity index (χ3v) is 4.98. The van der Waals surface area contributed by atoms with Crippen LogP contribution in [0.25, 0.3) is 0 Å². The molecule has 8 heteroatoms. The highest BCUT2D eigenvalue weighted by Gasteiger charge is 2.31. The van der Waals surface area contributed by atoms with Gasteiger partial charge in [-0.25, -0.2) is 4.39 Å². The fourth-order valence-electron chi connectivity index (χ4n) is 2.95. The van der Waals surface area contributed by atoms with E-state index in [-0.39, 0.29) is 5.56 Å². The van der Waals surface area contributed by atoms with Gasteiger partial charge in [-0.05, 0) is 43.9 Å². The minimum Gasteiger partial charge on any atom is -0.368 e. The number of halogens is 4. The highest BCUT2D eigenvalue weighted by molar-refractivity contribution is 5.94. The third kappa shape index (κ3) is 8.16. The maximum atomic E-state index is 12.9. The molecule has 0 aliphatic rings. The van der Waals surface area contributed by atoms with Gasteiger partial charge in [0.2, 0.25) is 5.88 Å². The van der Waals surface area contributed by atoms with E-state index in [1.807, 2.05) is 6.07 Å². The van der Waals surface area contributed by atoms with Crippen LogP contribution in [0.1, 0.15) is 87.3 Å². The molecule has 0 aliphatic heterocycles. The molecule has 0 saturated heterocycles. The van der Waals surface area contributed by atoms with Crippen molar-refractivity contribution in [2.75, 3.05) is 5.73 Å². The Morgan fingerprint density at radius 2 is 1.83 bits per heavy atom. The summed E-state index contributed by atoms with van der Waals surface area (Å²) in [6, 6.07) is 3.70. The van der Waals surface area contributed by atoms with Crippen LogP contribution >= 0.6 is 0 Å². The lowest BCUT2D eigenvalue weighted by molar-refractivity contribution is -0.137. The lowest BCUT2D eigenvalue weighted by Crippen LogP contribution is -2.07. The van der Waals surface area contributed by atoms with E-state index in [1.165, 1.54) is 32.1 Å². The first-order valence-electron chi connectivity index (χ1n) is 10.1. The lowest BCUT2D eigenvalue weighted by Gasteiger charge is -2.15. The highest BCUT2D eigenvalue weighted by atomic mass is 19.4. The van der Waals surface area contributed by atoms with Crippen LogP contribution in [-0.4, -0.2) is 10.9 Å². The van der Waals surface area contributed by atoms with E-state index in [9.17, 15) is 22.4 Å². The Kier molecular flexibility index (Phi) is 10.0. The molecule has 1 heterocycles.